The standard InChI is InChI=1S/C11H9Br2ClN4/c1-5-9(15)10(18-11(14)16-5)17-8-3-2-6(12)4-7(8)13/h2-4H,15H2,1H3,(H,16,17,18). The van der Waals surface area contributed by atoms with Crippen molar-refractivity contribution in [2.24, 2.45) is 0 Å². The molecule has 2 rings (SSSR count). The van der Waals surface area contributed by atoms with Gasteiger partial charge in [-0.1, -0.05) is 15.9 Å². The summed E-state index contributed by atoms with van der Waals surface area (Å²) < 4.78 is 1.87. The fraction of sp³-hybridized carbons (Fsp3) is 0.0909. The van der Waals surface area contributed by atoms with E-state index in [0.29, 0.717) is 17.2 Å². The van der Waals surface area contributed by atoms with Gasteiger partial charge in [-0.25, -0.2) is 4.98 Å². The van der Waals surface area contributed by atoms with Gasteiger partial charge in [0.15, 0.2) is 5.82 Å². The summed E-state index contributed by atoms with van der Waals surface area (Å²) in [6.45, 7) is 1.78. The molecular formula is C11H9Br2ClN4. The van der Waals surface area contributed by atoms with Crippen LogP contribution in [0.2, 0.25) is 5.28 Å². The first kappa shape index (κ1) is 13.6. The van der Waals surface area contributed by atoms with Crippen molar-refractivity contribution in [1.29, 1.82) is 0 Å². The normalized spacial score (nSPS) is 10.4. The van der Waals surface area contributed by atoms with Gasteiger partial charge in [-0.2, -0.15) is 4.98 Å². The molecule has 1 aromatic heterocycles. The summed E-state index contributed by atoms with van der Waals surface area (Å²) in [4.78, 5) is 8.06. The SMILES string of the molecule is Cc1nc(Cl)nc(Nc2ccc(Br)cc2Br)c1N. The van der Waals surface area contributed by atoms with Crippen molar-refractivity contribution in [1.82, 2.24) is 9.97 Å². The van der Waals surface area contributed by atoms with Gasteiger partial charge in [-0.3, -0.25) is 0 Å². The van der Waals surface area contributed by atoms with Crippen molar-refractivity contribution in [2.75, 3.05) is 11.1 Å². The molecule has 0 aliphatic carbocycles. The minimum Gasteiger partial charge on any atom is -0.394 e. The molecule has 0 radical (unpaired) electrons. The molecule has 0 bridgehead atoms. The van der Waals surface area contributed by atoms with Crippen LogP contribution in [-0.2, 0) is 0 Å². The Labute approximate surface area is 126 Å². The predicted octanol–water partition coefficient (Wildman–Crippen LogP) is 4.29. The number of halogens is 3. The van der Waals surface area contributed by atoms with Gasteiger partial charge in [0.25, 0.3) is 0 Å². The fourth-order valence-corrected chi connectivity index (χ4v) is 2.72. The van der Waals surface area contributed by atoms with Gasteiger partial charge in [-0.15, -0.1) is 0 Å². The molecule has 0 spiro atoms. The van der Waals surface area contributed by atoms with E-state index in [4.69, 9.17) is 17.3 Å². The lowest BCUT2D eigenvalue weighted by molar-refractivity contribution is 1.11. The molecule has 1 aromatic carbocycles. The van der Waals surface area contributed by atoms with Crippen LogP contribution >= 0.6 is 43.5 Å². The van der Waals surface area contributed by atoms with Crippen LogP contribution in [0.1, 0.15) is 5.69 Å². The largest absolute Gasteiger partial charge is 0.394 e. The van der Waals surface area contributed by atoms with Crippen molar-refractivity contribution in [3.63, 3.8) is 0 Å². The first-order chi connectivity index (χ1) is 8.47. The highest BCUT2D eigenvalue weighted by Gasteiger charge is 2.09. The zero-order chi connectivity index (χ0) is 13.3. The smallest absolute Gasteiger partial charge is 0.224 e. The molecule has 3 N–H and O–H groups in total. The van der Waals surface area contributed by atoms with E-state index in [-0.39, 0.29) is 5.28 Å². The molecule has 0 aliphatic rings. The van der Waals surface area contributed by atoms with Crippen molar-refractivity contribution in [3.05, 3.63) is 38.1 Å². The molecule has 18 heavy (non-hydrogen) atoms. The molecule has 1 heterocycles. The van der Waals surface area contributed by atoms with Crippen LogP contribution in [0.15, 0.2) is 27.1 Å². The summed E-state index contributed by atoms with van der Waals surface area (Å²) >= 11 is 12.7. The molecule has 7 heteroatoms. The van der Waals surface area contributed by atoms with Gasteiger partial charge >= 0.3 is 0 Å². The number of nitrogen functional groups attached to an aromatic ring is 1. The summed E-state index contributed by atoms with van der Waals surface area (Å²) in [7, 11) is 0. The third kappa shape index (κ3) is 2.93. The Morgan fingerprint density at radius 1 is 1.28 bits per heavy atom. The third-order valence-electron chi connectivity index (χ3n) is 2.29. The second kappa shape index (κ2) is 5.42. The third-order valence-corrected chi connectivity index (χ3v) is 3.61. The van der Waals surface area contributed by atoms with Crippen molar-refractivity contribution >= 4 is 60.7 Å². The number of hydrogen-bond acceptors (Lipinski definition) is 4. The maximum atomic E-state index is 5.91. The Morgan fingerprint density at radius 3 is 2.67 bits per heavy atom. The lowest BCUT2D eigenvalue weighted by Gasteiger charge is -2.11. The Balaban J connectivity index is 2.40. The number of hydrogen-bond donors (Lipinski definition) is 2. The van der Waals surface area contributed by atoms with Gasteiger partial charge in [0, 0.05) is 8.95 Å². The Bertz CT molecular complexity index is 604. The number of nitrogens with zero attached hydrogens (tertiary/aromatic N) is 2. The Kier molecular flexibility index (Phi) is 4.09. The second-order valence-electron chi connectivity index (χ2n) is 3.59. The van der Waals surface area contributed by atoms with Crippen LogP contribution in [0.3, 0.4) is 0 Å². The van der Waals surface area contributed by atoms with Crippen molar-refractivity contribution in [2.45, 2.75) is 6.92 Å². The lowest BCUT2D eigenvalue weighted by atomic mass is 10.3. The van der Waals surface area contributed by atoms with E-state index in [1.165, 1.54) is 0 Å². The number of benzene rings is 1. The number of nitrogens with one attached hydrogen (secondary N) is 1. The molecule has 0 fully saturated rings. The summed E-state index contributed by atoms with van der Waals surface area (Å²) in [6.07, 6.45) is 0. The zero-order valence-electron chi connectivity index (χ0n) is 9.34. The summed E-state index contributed by atoms with van der Waals surface area (Å²) in [6, 6.07) is 5.74. The fourth-order valence-electron chi connectivity index (χ4n) is 1.36. The Morgan fingerprint density at radius 2 is 2.00 bits per heavy atom. The van der Waals surface area contributed by atoms with Gasteiger partial charge in [0.1, 0.15) is 0 Å². The first-order valence-electron chi connectivity index (χ1n) is 4.99. The first-order valence-corrected chi connectivity index (χ1v) is 6.95. The van der Waals surface area contributed by atoms with Crippen LogP contribution in [-0.4, -0.2) is 9.97 Å². The number of aryl methyl sites for hydroxylation is 1. The number of aromatic nitrogens is 2. The van der Waals surface area contributed by atoms with Crippen LogP contribution in [0.4, 0.5) is 17.2 Å². The van der Waals surface area contributed by atoms with E-state index in [9.17, 15) is 0 Å². The van der Waals surface area contributed by atoms with Gasteiger partial charge in [0.05, 0.1) is 17.1 Å². The maximum Gasteiger partial charge on any atom is 0.224 e. The van der Waals surface area contributed by atoms with Crippen LogP contribution in [0.5, 0.6) is 0 Å². The predicted molar refractivity (Wildman–Crippen MR) is 81.3 cm³/mol. The van der Waals surface area contributed by atoms with E-state index in [1.807, 2.05) is 18.2 Å². The number of rotatable bonds is 2. The highest BCUT2D eigenvalue weighted by molar-refractivity contribution is 9.11. The molecular weight excluding hydrogens is 383 g/mol. The summed E-state index contributed by atoms with van der Waals surface area (Å²) in [5, 5.41) is 3.29. The highest BCUT2D eigenvalue weighted by Crippen LogP contribution is 2.31. The van der Waals surface area contributed by atoms with E-state index < -0.39 is 0 Å². The minimum atomic E-state index is 0.164. The molecule has 0 aliphatic heterocycles. The van der Waals surface area contributed by atoms with E-state index in [0.717, 1.165) is 14.6 Å². The van der Waals surface area contributed by atoms with E-state index in [2.05, 4.69) is 47.1 Å². The van der Waals surface area contributed by atoms with Crippen LogP contribution in [0, 0.1) is 6.92 Å². The monoisotopic (exact) mass is 390 g/mol. The summed E-state index contributed by atoms with van der Waals surface area (Å²) in [5.74, 6) is 0.496. The average Bonchev–Trinajstić information content (AvgIpc) is 2.29. The van der Waals surface area contributed by atoms with Gasteiger partial charge < -0.3 is 11.1 Å². The molecule has 4 nitrogen and oxygen atoms in total. The topological polar surface area (TPSA) is 63.8 Å². The average molecular weight is 392 g/mol. The summed E-state index contributed by atoms with van der Waals surface area (Å²) in [5.41, 5.74) is 7.88. The van der Waals surface area contributed by atoms with Crippen LogP contribution in [0.25, 0.3) is 0 Å². The number of nitrogens with two attached hydrogens (primary N) is 1. The quantitative estimate of drug-likeness (QED) is 0.749. The Hall–Kier alpha value is -0.850. The molecule has 94 valence electrons. The second-order valence-corrected chi connectivity index (χ2v) is 5.70. The molecule has 0 amide bonds. The van der Waals surface area contributed by atoms with Crippen molar-refractivity contribution in [3.8, 4) is 0 Å². The van der Waals surface area contributed by atoms with Crippen molar-refractivity contribution < 1.29 is 0 Å². The van der Waals surface area contributed by atoms with Gasteiger partial charge in [-0.05, 0) is 52.7 Å². The van der Waals surface area contributed by atoms with E-state index in [1.54, 1.807) is 6.92 Å². The lowest BCUT2D eigenvalue weighted by Crippen LogP contribution is -2.04. The minimum absolute atomic E-state index is 0.164. The molecule has 0 saturated carbocycles. The maximum absolute atomic E-state index is 5.91. The van der Waals surface area contributed by atoms with Crippen LogP contribution < -0.4 is 11.1 Å². The zero-order valence-corrected chi connectivity index (χ0v) is 13.3. The van der Waals surface area contributed by atoms with E-state index >= 15 is 0 Å². The number of anilines is 3. The molecule has 2 aromatic rings. The molecule has 0 saturated heterocycles. The molecule has 0 atom stereocenters. The molecule has 0 unspecified atom stereocenters. The highest BCUT2D eigenvalue weighted by atomic mass is 79.9. The van der Waals surface area contributed by atoms with Gasteiger partial charge in [0.2, 0.25) is 5.28 Å².